The third kappa shape index (κ3) is 7.64. The van der Waals surface area contributed by atoms with Crippen molar-refractivity contribution in [1.29, 1.82) is 0 Å². The lowest BCUT2D eigenvalue weighted by molar-refractivity contribution is -0.0510. The molecule has 0 amide bonds. The number of hydrogen-bond acceptors (Lipinski definition) is 5. The number of halogens is 3. The van der Waals surface area contributed by atoms with Gasteiger partial charge in [-0.15, -0.1) is 0 Å². The summed E-state index contributed by atoms with van der Waals surface area (Å²) in [7, 11) is -9.55. The van der Waals surface area contributed by atoms with Crippen LogP contribution in [0.25, 0.3) is 0 Å². The van der Waals surface area contributed by atoms with Crippen molar-refractivity contribution in [2.45, 2.75) is 29.4 Å². The summed E-state index contributed by atoms with van der Waals surface area (Å²) in [4.78, 5) is 0.226. The Morgan fingerprint density at radius 3 is 1.62 bits per heavy atom. The van der Waals surface area contributed by atoms with Crippen molar-refractivity contribution in [3.8, 4) is 0 Å². The Hall–Kier alpha value is -2.77. The molecule has 0 aliphatic rings. The first-order chi connectivity index (χ1) is 15.7. The van der Waals surface area contributed by atoms with Crippen LogP contribution >= 0.6 is 0 Å². The van der Waals surface area contributed by atoms with Crippen LogP contribution in [0.4, 0.5) is 13.2 Å². The summed E-state index contributed by atoms with van der Waals surface area (Å²) in [6, 6.07) is 24.6. The second kappa shape index (κ2) is 11.1. The van der Waals surface area contributed by atoms with Crippen molar-refractivity contribution in [1.82, 2.24) is 4.72 Å². The molecule has 12 heteroatoms. The first kappa shape index (κ1) is 27.5. The molecule has 3 aromatic carbocycles. The van der Waals surface area contributed by atoms with Crippen LogP contribution in [0.15, 0.2) is 89.8 Å². The number of benzene rings is 3. The van der Waals surface area contributed by atoms with Gasteiger partial charge in [-0.3, -0.25) is 4.55 Å². The first-order valence-electron chi connectivity index (χ1n) is 9.70. The molecule has 34 heavy (non-hydrogen) atoms. The lowest BCUT2D eigenvalue weighted by Crippen LogP contribution is -2.36. The third-order valence-corrected chi connectivity index (χ3v) is 6.65. The van der Waals surface area contributed by atoms with Crippen LogP contribution in [0, 0.1) is 6.92 Å². The molecule has 2 atom stereocenters. The number of nitrogens with one attached hydrogen (secondary N) is 1. The van der Waals surface area contributed by atoms with E-state index in [0.29, 0.717) is 0 Å². The van der Waals surface area contributed by atoms with Crippen LogP contribution in [-0.2, 0) is 20.1 Å². The summed E-state index contributed by atoms with van der Waals surface area (Å²) in [5.41, 5.74) is 3.61. The Morgan fingerprint density at radius 1 is 0.794 bits per heavy atom. The van der Waals surface area contributed by atoms with Gasteiger partial charge in [0.1, 0.15) is 0 Å². The topological polar surface area (TPSA) is 127 Å². The van der Waals surface area contributed by atoms with E-state index in [4.69, 9.17) is 18.7 Å². The molecule has 0 heterocycles. The van der Waals surface area contributed by atoms with Crippen molar-refractivity contribution >= 4 is 20.1 Å². The van der Waals surface area contributed by atoms with Crippen LogP contribution in [0.2, 0.25) is 0 Å². The maximum absolute atomic E-state index is 12.9. The molecular weight excluding hydrogens is 493 g/mol. The molecule has 0 aliphatic heterocycles. The van der Waals surface area contributed by atoms with Crippen LogP contribution in [0.5, 0.6) is 0 Å². The minimum atomic E-state index is -5.84. The highest BCUT2D eigenvalue weighted by molar-refractivity contribution is 7.89. The van der Waals surface area contributed by atoms with E-state index in [1.54, 1.807) is 24.3 Å². The van der Waals surface area contributed by atoms with Gasteiger partial charge in [-0.1, -0.05) is 78.4 Å². The molecule has 184 valence electrons. The molecule has 4 N–H and O–H groups in total. The summed E-state index contributed by atoms with van der Waals surface area (Å²) in [5.74, 6) is 0. The van der Waals surface area contributed by atoms with E-state index in [2.05, 4.69) is 4.72 Å². The molecule has 0 bridgehead atoms. The number of nitrogens with two attached hydrogens (primary N) is 1. The van der Waals surface area contributed by atoms with Crippen molar-refractivity contribution in [3.63, 3.8) is 0 Å². The molecule has 3 rings (SSSR count). The molecule has 0 radical (unpaired) electrons. The van der Waals surface area contributed by atoms with Crippen molar-refractivity contribution in [2.75, 3.05) is 0 Å². The fourth-order valence-corrected chi connectivity index (χ4v) is 4.08. The van der Waals surface area contributed by atoms with Crippen molar-refractivity contribution in [2.24, 2.45) is 5.73 Å². The molecule has 0 unspecified atom stereocenters. The minimum Gasteiger partial charge on any atom is -0.322 e. The Bertz CT molecular complexity index is 1270. The Kier molecular flexibility index (Phi) is 8.97. The number of aryl methyl sites for hydroxylation is 1. The smallest absolute Gasteiger partial charge is 0.322 e. The largest absolute Gasteiger partial charge is 0.522 e. The van der Waals surface area contributed by atoms with E-state index in [1.165, 1.54) is 0 Å². The van der Waals surface area contributed by atoms with Gasteiger partial charge in [-0.05, 0) is 30.2 Å². The molecule has 0 fully saturated rings. The zero-order chi connectivity index (χ0) is 25.6. The van der Waals surface area contributed by atoms with Crippen molar-refractivity contribution in [3.05, 3.63) is 102 Å². The van der Waals surface area contributed by atoms with E-state index in [0.717, 1.165) is 16.7 Å². The lowest BCUT2D eigenvalue weighted by atomic mass is 9.95. The highest BCUT2D eigenvalue weighted by Gasteiger charge is 2.44. The molecule has 7 nitrogen and oxygen atoms in total. The molecule has 0 aliphatic carbocycles. The van der Waals surface area contributed by atoms with Gasteiger partial charge >= 0.3 is 15.6 Å². The highest BCUT2D eigenvalue weighted by atomic mass is 32.2. The Morgan fingerprint density at radius 2 is 1.21 bits per heavy atom. The van der Waals surface area contributed by atoms with Crippen LogP contribution in [-0.4, -0.2) is 26.9 Å². The van der Waals surface area contributed by atoms with Gasteiger partial charge in [0, 0.05) is 0 Å². The average molecular weight is 517 g/mol. The Balaban J connectivity index is 0.000000440. The monoisotopic (exact) mass is 516 g/mol. The van der Waals surface area contributed by atoms with E-state index >= 15 is 0 Å². The number of sulfonamides is 1. The fourth-order valence-electron chi connectivity index (χ4n) is 2.83. The predicted octanol–water partition coefficient (Wildman–Crippen LogP) is 4.11. The molecule has 0 aromatic heterocycles. The Labute approximate surface area is 196 Å². The van der Waals surface area contributed by atoms with Crippen LogP contribution in [0.3, 0.4) is 0 Å². The van der Waals surface area contributed by atoms with Gasteiger partial charge in [0.25, 0.3) is 0 Å². The minimum absolute atomic E-state index is 0.226. The third-order valence-electron chi connectivity index (χ3n) is 4.61. The zero-order valence-electron chi connectivity index (χ0n) is 17.8. The SMILES string of the molecule is Cc1ccc(S(=O)(=O)N[C@H](c2ccccc2)[C@H](N)c2ccccc2)cc1.O=S(=O)(O)C(F)(F)F. The molecule has 0 spiro atoms. The summed E-state index contributed by atoms with van der Waals surface area (Å²) >= 11 is 0. The van der Waals surface area contributed by atoms with E-state index < -0.39 is 37.7 Å². The molecule has 0 saturated carbocycles. The maximum Gasteiger partial charge on any atom is 0.522 e. The van der Waals surface area contributed by atoms with E-state index in [-0.39, 0.29) is 4.90 Å². The average Bonchev–Trinajstić information content (AvgIpc) is 2.78. The van der Waals surface area contributed by atoms with Crippen LogP contribution < -0.4 is 10.5 Å². The predicted molar refractivity (Wildman–Crippen MR) is 122 cm³/mol. The lowest BCUT2D eigenvalue weighted by Gasteiger charge is -2.26. The second-order valence-electron chi connectivity index (χ2n) is 7.18. The van der Waals surface area contributed by atoms with Gasteiger partial charge < -0.3 is 5.73 Å². The van der Waals surface area contributed by atoms with Gasteiger partial charge in [-0.25, -0.2) is 13.1 Å². The van der Waals surface area contributed by atoms with Gasteiger partial charge in [-0.2, -0.15) is 21.6 Å². The standard InChI is InChI=1S/C21H22N2O2S.CHF3O3S/c1-16-12-14-19(15-13-16)26(24,25)23-21(18-10-6-3-7-11-18)20(22)17-8-4-2-5-9-17;2-1(3,4)8(5,6)7/h2-15,20-21,23H,22H2,1H3;(H,5,6,7)/t20-,21-;/m1./s1. The summed E-state index contributed by atoms with van der Waals surface area (Å²) in [6.45, 7) is 1.92. The zero-order valence-corrected chi connectivity index (χ0v) is 19.5. The maximum atomic E-state index is 12.9. The summed E-state index contributed by atoms with van der Waals surface area (Å²) in [5, 5.41) is 0. The highest BCUT2D eigenvalue weighted by Crippen LogP contribution is 2.28. The van der Waals surface area contributed by atoms with E-state index in [9.17, 15) is 21.6 Å². The first-order valence-corrected chi connectivity index (χ1v) is 12.6. The number of hydrogen-bond donors (Lipinski definition) is 3. The number of rotatable bonds is 6. The van der Waals surface area contributed by atoms with Crippen molar-refractivity contribution < 1.29 is 34.6 Å². The molecule has 0 saturated heterocycles. The van der Waals surface area contributed by atoms with Crippen LogP contribution in [0.1, 0.15) is 28.8 Å². The fraction of sp³-hybridized carbons (Fsp3) is 0.182. The second-order valence-corrected chi connectivity index (χ2v) is 10.3. The summed E-state index contributed by atoms with van der Waals surface area (Å²) in [6.07, 6.45) is 0. The van der Waals surface area contributed by atoms with Gasteiger partial charge in [0.15, 0.2) is 0 Å². The van der Waals surface area contributed by atoms with Gasteiger partial charge in [0.2, 0.25) is 10.0 Å². The number of alkyl halides is 3. The molecular formula is C22H23F3N2O5S2. The summed E-state index contributed by atoms with van der Waals surface area (Å²) < 4.78 is 86.1. The van der Waals surface area contributed by atoms with E-state index in [1.807, 2.05) is 67.6 Å². The quantitative estimate of drug-likeness (QED) is 0.334. The van der Waals surface area contributed by atoms with Gasteiger partial charge in [0.05, 0.1) is 17.0 Å². The normalized spacial score (nSPS) is 13.9. The molecule has 3 aromatic rings.